The van der Waals surface area contributed by atoms with Crippen molar-refractivity contribution in [3.8, 4) is 5.75 Å². The number of hydrogen-bond donors (Lipinski definition) is 1. The van der Waals surface area contributed by atoms with Gasteiger partial charge in [-0.15, -0.1) is 0 Å². The van der Waals surface area contributed by atoms with E-state index in [0.717, 1.165) is 10.9 Å². The molecule has 1 amide bonds. The van der Waals surface area contributed by atoms with Gasteiger partial charge in [-0.3, -0.25) is 4.79 Å². The van der Waals surface area contributed by atoms with Crippen molar-refractivity contribution in [2.45, 2.75) is 20.0 Å². The lowest BCUT2D eigenvalue weighted by Gasteiger charge is -2.11. The van der Waals surface area contributed by atoms with Crippen molar-refractivity contribution >= 4 is 34.7 Å². The summed E-state index contributed by atoms with van der Waals surface area (Å²) in [5.41, 5.74) is 3.84. The van der Waals surface area contributed by atoms with E-state index in [1.165, 1.54) is 6.21 Å². The normalized spacial score (nSPS) is 11.4. The van der Waals surface area contributed by atoms with E-state index in [1.807, 2.05) is 32.0 Å². The Labute approximate surface area is 150 Å². The van der Waals surface area contributed by atoms with E-state index in [1.54, 1.807) is 30.3 Å². The summed E-state index contributed by atoms with van der Waals surface area (Å²) in [6.45, 7) is 3.86. The minimum absolute atomic E-state index is 0.0418. The summed E-state index contributed by atoms with van der Waals surface area (Å²) < 4.78 is 11.1. The second kappa shape index (κ2) is 7.40. The summed E-state index contributed by atoms with van der Waals surface area (Å²) in [5, 5.41) is 5.29. The number of ether oxygens (including phenoxy) is 1. The number of furan rings is 1. The van der Waals surface area contributed by atoms with Crippen molar-refractivity contribution in [3.63, 3.8) is 0 Å². The lowest BCUT2D eigenvalue weighted by molar-refractivity contribution is 0.0929. The Bertz CT molecular complexity index is 898. The molecule has 0 fully saturated rings. The van der Waals surface area contributed by atoms with Crippen LogP contribution in [0, 0.1) is 0 Å². The van der Waals surface area contributed by atoms with Gasteiger partial charge in [0.25, 0.3) is 0 Å². The zero-order chi connectivity index (χ0) is 17.8. The minimum atomic E-state index is -0.418. The van der Waals surface area contributed by atoms with Gasteiger partial charge in [0.2, 0.25) is 0 Å². The number of fused-ring (bicyclic) bond motifs is 1. The van der Waals surface area contributed by atoms with Gasteiger partial charge in [0.15, 0.2) is 5.76 Å². The van der Waals surface area contributed by atoms with Gasteiger partial charge in [0.1, 0.15) is 11.3 Å². The Kier molecular flexibility index (Phi) is 5.05. The third-order valence-corrected chi connectivity index (χ3v) is 3.64. The molecule has 0 aliphatic heterocycles. The van der Waals surface area contributed by atoms with Gasteiger partial charge >= 0.3 is 5.91 Å². The second-order valence-electron chi connectivity index (χ2n) is 5.70. The molecule has 2 aromatic carbocycles. The number of hydrazone groups is 1. The van der Waals surface area contributed by atoms with Crippen molar-refractivity contribution in [3.05, 3.63) is 64.9 Å². The first-order chi connectivity index (χ1) is 12.0. The smallest absolute Gasteiger partial charge is 0.307 e. The Morgan fingerprint density at radius 1 is 1.24 bits per heavy atom. The van der Waals surface area contributed by atoms with E-state index < -0.39 is 5.91 Å². The van der Waals surface area contributed by atoms with Crippen LogP contribution in [0.15, 0.2) is 58.0 Å². The van der Waals surface area contributed by atoms with E-state index in [4.69, 9.17) is 20.8 Å². The largest absolute Gasteiger partial charge is 0.489 e. The maximum absolute atomic E-state index is 12.1. The molecule has 0 atom stereocenters. The highest BCUT2D eigenvalue weighted by molar-refractivity contribution is 6.32. The molecule has 128 valence electrons. The fourth-order valence-corrected chi connectivity index (χ4v) is 2.49. The van der Waals surface area contributed by atoms with Crippen molar-refractivity contribution in [2.75, 3.05) is 0 Å². The van der Waals surface area contributed by atoms with Crippen LogP contribution in [0.25, 0.3) is 11.0 Å². The van der Waals surface area contributed by atoms with Crippen molar-refractivity contribution in [2.24, 2.45) is 5.10 Å². The molecule has 0 aliphatic carbocycles. The highest BCUT2D eigenvalue weighted by atomic mass is 35.5. The van der Waals surface area contributed by atoms with E-state index in [-0.39, 0.29) is 11.9 Å². The van der Waals surface area contributed by atoms with Crippen LogP contribution in [-0.2, 0) is 0 Å². The standard InChI is InChI=1S/C19H17ClN2O3/c1-12(2)24-17-8-7-13(9-15(17)20)11-21-22-19(23)18-10-14-5-3-4-6-16(14)25-18/h3-12H,1-2H3,(H,22,23)/b21-11+. The monoisotopic (exact) mass is 356 g/mol. The molecule has 0 saturated heterocycles. The number of nitrogens with zero attached hydrogens (tertiary/aromatic N) is 1. The van der Waals surface area contributed by atoms with Crippen LogP contribution >= 0.6 is 11.6 Å². The zero-order valence-electron chi connectivity index (χ0n) is 13.8. The summed E-state index contributed by atoms with van der Waals surface area (Å²) in [6, 6.07) is 14.4. The minimum Gasteiger partial charge on any atom is -0.489 e. The van der Waals surface area contributed by atoms with Crippen LogP contribution in [0.2, 0.25) is 5.02 Å². The summed E-state index contributed by atoms with van der Waals surface area (Å²) in [4.78, 5) is 12.1. The lowest BCUT2D eigenvalue weighted by Crippen LogP contribution is -2.16. The SMILES string of the molecule is CC(C)Oc1ccc(/C=N/NC(=O)c2cc3ccccc3o2)cc1Cl. The Morgan fingerprint density at radius 3 is 2.76 bits per heavy atom. The van der Waals surface area contributed by atoms with Gasteiger partial charge < -0.3 is 9.15 Å². The number of carbonyl (C=O) groups excluding carboxylic acids is 1. The van der Waals surface area contributed by atoms with E-state index in [9.17, 15) is 4.79 Å². The molecule has 0 unspecified atom stereocenters. The summed E-state index contributed by atoms with van der Waals surface area (Å²) in [5.74, 6) is 0.399. The molecular formula is C19H17ClN2O3. The predicted octanol–water partition coefficient (Wildman–Crippen LogP) is 4.64. The molecule has 1 aromatic heterocycles. The number of amides is 1. The van der Waals surface area contributed by atoms with Crippen molar-refractivity contribution < 1.29 is 13.9 Å². The summed E-state index contributed by atoms with van der Waals surface area (Å²) in [6.07, 6.45) is 1.55. The highest BCUT2D eigenvalue weighted by Gasteiger charge is 2.11. The molecule has 6 heteroatoms. The number of hydrogen-bond acceptors (Lipinski definition) is 4. The van der Waals surface area contributed by atoms with Crippen molar-refractivity contribution in [1.29, 1.82) is 0 Å². The third-order valence-electron chi connectivity index (χ3n) is 3.35. The molecule has 0 radical (unpaired) electrons. The molecule has 1 N–H and O–H groups in total. The Morgan fingerprint density at radius 2 is 2.04 bits per heavy atom. The quantitative estimate of drug-likeness (QED) is 0.535. The molecular weight excluding hydrogens is 340 g/mol. The first-order valence-corrected chi connectivity index (χ1v) is 8.19. The van der Waals surface area contributed by atoms with Gasteiger partial charge in [-0.1, -0.05) is 29.8 Å². The molecule has 1 heterocycles. The van der Waals surface area contributed by atoms with Gasteiger partial charge in [-0.2, -0.15) is 5.10 Å². The van der Waals surface area contributed by atoms with Crippen LogP contribution in [0.4, 0.5) is 0 Å². The zero-order valence-corrected chi connectivity index (χ0v) is 14.6. The topological polar surface area (TPSA) is 63.8 Å². The maximum atomic E-state index is 12.1. The fraction of sp³-hybridized carbons (Fsp3) is 0.158. The number of benzene rings is 2. The van der Waals surface area contributed by atoms with Gasteiger partial charge in [-0.05, 0) is 49.7 Å². The first-order valence-electron chi connectivity index (χ1n) is 7.81. The molecule has 3 aromatic rings. The molecule has 0 spiro atoms. The molecule has 25 heavy (non-hydrogen) atoms. The number of carbonyl (C=O) groups is 1. The maximum Gasteiger partial charge on any atom is 0.307 e. The van der Waals surface area contributed by atoms with Crippen LogP contribution < -0.4 is 10.2 Å². The third kappa shape index (κ3) is 4.19. The van der Waals surface area contributed by atoms with Crippen LogP contribution in [0.3, 0.4) is 0 Å². The van der Waals surface area contributed by atoms with E-state index >= 15 is 0 Å². The highest BCUT2D eigenvalue weighted by Crippen LogP contribution is 2.25. The first kappa shape index (κ1) is 17.0. The number of halogens is 1. The number of nitrogens with one attached hydrogen (secondary N) is 1. The second-order valence-corrected chi connectivity index (χ2v) is 6.11. The average molecular weight is 357 g/mol. The van der Waals surface area contributed by atoms with Crippen molar-refractivity contribution in [1.82, 2.24) is 5.43 Å². The van der Waals surface area contributed by atoms with Crippen LogP contribution in [-0.4, -0.2) is 18.2 Å². The fourth-order valence-electron chi connectivity index (χ4n) is 2.26. The van der Waals surface area contributed by atoms with E-state index in [2.05, 4.69) is 10.5 Å². The molecule has 0 saturated carbocycles. The molecule has 0 aliphatic rings. The summed E-state index contributed by atoms with van der Waals surface area (Å²) in [7, 11) is 0. The molecule has 5 nitrogen and oxygen atoms in total. The predicted molar refractivity (Wildman–Crippen MR) is 98.5 cm³/mol. The van der Waals surface area contributed by atoms with Crippen LogP contribution in [0.1, 0.15) is 30.0 Å². The molecule has 0 bridgehead atoms. The van der Waals surface area contributed by atoms with Crippen LogP contribution in [0.5, 0.6) is 5.75 Å². The lowest BCUT2D eigenvalue weighted by atomic mass is 10.2. The summed E-state index contributed by atoms with van der Waals surface area (Å²) >= 11 is 6.17. The number of para-hydroxylation sites is 1. The van der Waals surface area contributed by atoms with E-state index in [0.29, 0.717) is 16.4 Å². The molecule has 3 rings (SSSR count). The number of rotatable bonds is 5. The Balaban J connectivity index is 1.66. The Hall–Kier alpha value is -2.79. The average Bonchev–Trinajstić information content (AvgIpc) is 3.01. The van der Waals surface area contributed by atoms with Gasteiger partial charge in [0, 0.05) is 5.39 Å². The van der Waals surface area contributed by atoms with Gasteiger partial charge in [-0.25, -0.2) is 5.43 Å². The van der Waals surface area contributed by atoms with Gasteiger partial charge in [0.05, 0.1) is 17.3 Å².